The molecule has 8 heteroatoms. The molecule has 124 valence electrons. The Hall–Kier alpha value is -3.16. The van der Waals surface area contributed by atoms with Crippen molar-refractivity contribution in [3.8, 4) is 5.88 Å². The summed E-state index contributed by atoms with van der Waals surface area (Å²) in [6.07, 6.45) is 0. The Balaban J connectivity index is 1.80. The molecule has 0 aliphatic rings. The molecule has 0 saturated carbocycles. The molecule has 0 aliphatic heterocycles. The van der Waals surface area contributed by atoms with Gasteiger partial charge >= 0.3 is 0 Å². The van der Waals surface area contributed by atoms with E-state index in [1.165, 1.54) is 17.4 Å². The van der Waals surface area contributed by atoms with Crippen LogP contribution >= 0.6 is 0 Å². The lowest BCUT2D eigenvalue weighted by Crippen LogP contribution is -2.14. The number of anilines is 1. The molecule has 1 amide bonds. The van der Waals surface area contributed by atoms with Gasteiger partial charge < -0.3 is 14.6 Å². The van der Waals surface area contributed by atoms with E-state index in [0.29, 0.717) is 18.1 Å². The summed E-state index contributed by atoms with van der Waals surface area (Å²) in [6.45, 7) is 4.21. The van der Waals surface area contributed by atoms with Gasteiger partial charge in [0, 0.05) is 6.07 Å². The molecule has 0 fully saturated rings. The van der Waals surface area contributed by atoms with Gasteiger partial charge in [0.15, 0.2) is 5.82 Å². The summed E-state index contributed by atoms with van der Waals surface area (Å²) in [6, 6.07) is 9.63. The molecule has 0 spiro atoms. The predicted octanol–water partition coefficient (Wildman–Crippen LogP) is 2.19. The number of carbonyl (C=O) groups is 1. The topological polar surface area (TPSA) is 95.1 Å². The van der Waals surface area contributed by atoms with E-state index in [0.717, 1.165) is 5.56 Å². The van der Waals surface area contributed by atoms with Crippen molar-refractivity contribution in [2.45, 2.75) is 20.4 Å². The predicted molar refractivity (Wildman–Crippen MR) is 86.0 cm³/mol. The summed E-state index contributed by atoms with van der Waals surface area (Å²) < 4.78 is 11.8. The molecule has 0 aliphatic carbocycles. The fourth-order valence-corrected chi connectivity index (χ4v) is 2.22. The minimum Gasteiger partial charge on any atom is -0.479 e. The molecule has 24 heavy (non-hydrogen) atoms. The van der Waals surface area contributed by atoms with Gasteiger partial charge in [0.2, 0.25) is 11.6 Å². The highest BCUT2D eigenvalue weighted by Gasteiger charge is 2.21. The zero-order chi connectivity index (χ0) is 17.1. The molecule has 3 rings (SSSR count). The van der Waals surface area contributed by atoms with Gasteiger partial charge in [-0.3, -0.25) is 4.79 Å². The third-order valence-corrected chi connectivity index (χ3v) is 3.42. The van der Waals surface area contributed by atoms with Gasteiger partial charge in [-0.15, -0.1) is 5.10 Å². The number of hydrogen-bond donors (Lipinski definition) is 1. The van der Waals surface area contributed by atoms with Crippen molar-refractivity contribution < 1.29 is 14.1 Å². The van der Waals surface area contributed by atoms with Crippen LogP contribution in [0.5, 0.6) is 5.88 Å². The Kier molecular flexibility index (Phi) is 4.28. The van der Waals surface area contributed by atoms with Crippen LogP contribution in [0.4, 0.5) is 5.82 Å². The number of aromatic nitrogens is 4. The van der Waals surface area contributed by atoms with E-state index in [2.05, 4.69) is 20.8 Å². The number of hydrogen-bond acceptors (Lipinski definition) is 6. The molecule has 1 N–H and O–H groups in total. The SMILES string of the molecule is COc1c(C(=O)Nc2cc(C)on2)nnn1Cc1ccc(C)cc1. The quantitative estimate of drug-likeness (QED) is 0.772. The van der Waals surface area contributed by atoms with Crippen molar-refractivity contribution in [1.82, 2.24) is 20.2 Å². The Labute approximate surface area is 138 Å². The Morgan fingerprint density at radius 3 is 2.67 bits per heavy atom. The van der Waals surface area contributed by atoms with Crippen molar-refractivity contribution in [3.05, 3.63) is 52.9 Å². The van der Waals surface area contributed by atoms with E-state index in [-0.39, 0.29) is 11.6 Å². The van der Waals surface area contributed by atoms with Crippen LogP contribution in [0.2, 0.25) is 0 Å². The van der Waals surface area contributed by atoms with E-state index in [9.17, 15) is 4.79 Å². The molecule has 0 unspecified atom stereocenters. The highest BCUT2D eigenvalue weighted by atomic mass is 16.5. The minimum absolute atomic E-state index is 0.0882. The van der Waals surface area contributed by atoms with Gasteiger partial charge in [-0.1, -0.05) is 40.2 Å². The summed E-state index contributed by atoms with van der Waals surface area (Å²) in [5, 5.41) is 14.2. The Bertz CT molecular complexity index is 851. The van der Waals surface area contributed by atoms with Gasteiger partial charge in [0.05, 0.1) is 13.7 Å². The van der Waals surface area contributed by atoms with Crippen molar-refractivity contribution >= 4 is 11.7 Å². The smallest absolute Gasteiger partial charge is 0.283 e. The van der Waals surface area contributed by atoms with Crippen molar-refractivity contribution in [1.29, 1.82) is 0 Å². The molecule has 3 aromatic rings. The minimum atomic E-state index is -0.463. The molecule has 0 radical (unpaired) electrons. The lowest BCUT2D eigenvalue weighted by molar-refractivity contribution is 0.101. The number of methoxy groups -OCH3 is 1. The van der Waals surface area contributed by atoms with E-state index in [1.54, 1.807) is 13.0 Å². The third kappa shape index (κ3) is 3.27. The number of nitrogens with one attached hydrogen (secondary N) is 1. The van der Waals surface area contributed by atoms with Gasteiger partial charge in [0.1, 0.15) is 5.76 Å². The highest BCUT2D eigenvalue weighted by molar-refractivity contribution is 6.03. The van der Waals surface area contributed by atoms with Crippen LogP contribution in [-0.4, -0.2) is 33.2 Å². The molecule has 0 bridgehead atoms. The van der Waals surface area contributed by atoms with Crippen LogP contribution in [0.25, 0.3) is 0 Å². The second-order valence-electron chi connectivity index (χ2n) is 5.37. The molecular weight excluding hydrogens is 310 g/mol. The maximum absolute atomic E-state index is 12.3. The molecule has 0 saturated heterocycles. The molecule has 2 heterocycles. The molecule has 2 aromatic heterocycles. The van der Waals surface area contributed by atoms with Crippen LogP contribution in [0.15, 0.2) is 34.9 Å². The average Bonchev–Trinajstić information content (AvgIpc) is 3.15. The molecular formula is C16H17N5O3. The average molecular weight is 327 g/mol. The van der Waals surface area contributed by atoms with E-state index < -0.39 is 5.91 Å². The number of rotatable bonds is 5. The second kappa shape index (κ2) is 6.53. The number of carbonyl (C=O) groups excluding carboxylic acids is 1. The maximum Gasteiger partial charge on any atom is 0.283 e. The van der Waals surface area contributed by atoms with E-state index in [1.807, 2.05) is 31.2 Å². The van der Waals surface area contributed by atoms with Gasteiger partial charge in [-0.05, 0) is 19.4 Å². The Morgan fingerprint density at radius 2 is 2.04 bits per heavy atom. The zero-order valence-corrected chi connectivity index (χ0v) is 13.6. The summed E-state index contributed by atoms with van der Waals surface area (Å²) in [5.74, 6) is 0.733. The molecule has 8 nitrogen and oxygen atoms in total. The van der Waals surface area contributed by atoms with Crippen LogP contribution in [0.3, 0.4) is 0 Å². The Morgan fingerprint density at radius 1 is 1.29 bits per heavy atom. The van der Waals surface area contributed by atoms with Crippen LogP contribution in [0, 0.1) is 13.8 Å². The number of amides is 1. The second-order valence-corrected chi connectivity index (χ2v) is 5.37. The summed E-state index contributed by atoms with van der Waals surface area (Å²) in [4.78, 5) is 12.3. The molecule has 1 aromatic carbocycles. The highest BCUT2D eigenvalue weighted by Crippen LogP contribution is 2.19. The summed E-state index contributed by atoms with van der Waals surface area (Å²) in [5.41, 5.74) is 2.29. The number of aryl methyl sites for hydroxylation is 2. The van der Waals surface area contributed by atoms with Gasteiger partial charge in [-0.25, -0.2) is 4.68 Å². The largest absolute Gasteiger partial charge is 0.479 e. The van der Waals surface area contributed by atoms with Gasteiger partial charge in [0.25, 0.3) is 5.91 Å². The summed E-state index contributed by atoms with van der Waals surface area (Å²) >= 11 is 0. The number of nitrogens with zero attached hydrogens (tertiary/aromatic N) is 4. The first-order chi connectivity index (χ1) is 11.6. The standard InChI is InChI=1S/C16H17N5O3/c1-10-4-6-12(7-5-10)9-21-16(23-3)14(18-20-21)15(22)17-13-8-11(2)24-19-13/h4-8H,9H2,1-3H3,(H,17,19,22). The third-order valence-electron chi connectivity index (χ3n) is 3.42. The van der Waals surface area contributed by atoms with Crippen LogP contribution < -0.4 is 10.1 Å². The fraction of sp³-hybridized carbons (Fsp3) is 0.250. The molecule has 0 atom stereocenters. The normalized spacial score (nSPS) is 10.6. The first-order valence-electron chi connectivity index (χ1n) is 7.34. The van der Waals surface area contributed by atoms with E-state index in [4.69, 9.17) is 9.26 Å². The monoisotopic (exact) mass is 327 g/mol. The van der Waals surface area contributed by atoms with Crippen molar-refractivity contribution in [2.24, 2.45) is 0 Å². The first kappa shape index (κ1) is 15.7. The fourth-order valence-electron chi connectivity index (χ4n) is 2.22. The van der Waals surface area contributed by atoms with E-state index >= 15 is 0 Å². The zero-order valence-electron chi connectivity index (χ0n) is 13.6. The summed E-state index contributed by atoms with van der Waals surface area (Å²) in [7, 11) is 1.47. The van der Waals surface area contributed by atoms with Crippen LogP contribution in [0.1, 0.15) is 27.4 Å². The lowest BCUT2D eigenvalue weighted by Gasteiger charge is -2.06. The van der Waals surface area contributed by atoms with Crippen molar-refractivity contribution in [2.75, 3.05) is 12.4 Å². The first-order valence-corrected chi connectivity index (χ1v) is 7.34. The maximum atomic E-state index is 12.3. The van der Waals surface area contributed by atoms with Crippen LogP contribution in [-0.2, 0) is 6.54 Å². The number of ether oxygens (including phenoxy) is 1. The number of benzene rings is 1. The van der Waals surface area contributed by atoms with Crippen molar-refractivity contribution in [3.63, 3.8) is 0 Å². The lowest BCUT2D eigenvalue weighted by atomic mass is 10.1. The van der Waals surface area contributed by atoms with Gasteiger partial charge in [-0.2, -0.15) is 0 Å².